The standard InChI is InChI=1S/C5H10OS/c1-3-4-5(7)6-2/h3-4H2,1-2H3. The monoisotopic (exact) mass is 118 g/mol. The largest absolute Gasteiger partial charge is 0.490 e. The molecule has 0 fully saturated rings. The highest BCUT2D eigenvalue weighted by molar-refractivity contribution is 7.80. The van der Waals surface area contributed by atoms with E-state index in [0.717, 1.165) is 12.8 Å². The van der Waals surface area contributed by atoms with Gasteiger partial charge in [-0.3, -0.25) is 0 Å². The van der Waals surface area contributed by atoms with E-state index in [4.69, 9.17) is 17.0 Å². The van der Waals surface area contributed by atoms with E-state index in [2.05, 4.69) is 6.92 Å². The van der Waals surface area contributed by atoms with E-state index in [1.54, 1.807) is 7.11 Å². The smallest absolute Gasteiger partial charge is 0.159 e. The lowest BCUT2D eigenvalue weighted by Crippen LogP contribution is -1.93. The van der Waals surface area contributed by atoms with Gasteiger partial charge in [-0.1, -0.05) is 6.92 Å². The molecule has 2 heteroatoms. The number of methoxy groups -OCH3 is 1. The Labute approximate surface area is 49.7 Å². The molecule has 0 bridgehead atoms. The fourth-order valence-electron chi connectivity index (χ4n) is 0.306. The minimum absolute atomic E-state index is 0.711. The molecule has 0 amide bonds. The molecule has 0 aromatic heterocycles. The lowest BCUT2D eigenvalue weighted by molar-refractivity contribution is 0.401. The van der Waals surface area contributed by atoms with Gasteiger partial charge in [0.15, 0.2) is 5.05 Å². The van der Waals surface area contributed by atoms with Crippen molar-refractivity contribution in [3.05, 3.63) is 0 Å². The van der Waals surface area contributed by atoms with Gasteiger partial charge in [0.2, 0.25) is 0 Å². The fraction of sp³-hybridized carbons (Fsp3) is 0.800. The van der Waals surface area contributed by atoms with Gasteiger partial charge in [-0.25, -0.2) is 0 Å². The molecule has 0 saturated heterocycles. The summed E-state index contributed by atoms with van der Waals surface area (Å²) in [7, 11) is 1.61. The van der Waals surface area contributed by atoms with Crippen LogP contribution in [0, 0.1) is 0 Å². The maximum Gasteiger partial charge on any atom is 0.159 e. The molecule has 0 saturated carbocycles. The van der Waals surface area contributed by atoms with E-state index in [1.807, 2.05) is 0 Å². The van der Waals surface area contributed by atoms with Crippen LogP contribution in [0.15, 0.2) is 0 Å². The first-order valence-corrected chi connectivity index (χ1v) is 2.79. The second kappa shape index (κ2) is 4.06. The Morgan fingerprint density at radius 3 is 2.43 bits per heavy atom. The highest BCUT2D eigenvalue weighted by Crippen LogP contribution is 1.90. The van der Waals surface area contributed by atoms with Crippen LogP contribution in [0.2, 0.25) is 0 Å². The molecule has 1 nitrogen and oxygen atoms in total. The molecule has 0 aliphatic heterocycles. The van der Waals surface area contributed by atoms with E-state index in [0.29, 0.717) is 5.05 Å². The van der Waals surface area contributed by atoms with Gasteiger partial charge in [0.25, 0.3) is 0 Å². The Hall–Kier alpha value is -0.110. The Morgan fingerprint density at radius 2 is 2.29 bits per heavy atom. The van der Waals surface area contributed by atoms with Gasteiger partial charge in [-0.05, 0) is 18.6 Å². The SMILES string of the molecule is CCCC(=S)OC. The molecule has 0 unspecified atom stereocenters. The van der Waals surface area contributed by atoms with Crippen molar-refractivity contribution in [1.29, 1.82) is 0 Å². The second-order valence-corrected chi connectivity index (χ2v) is 1.78. The van der Waals surface area contributed by atoms with Crippen molar-refractivity contribution in [2.45, 2.75) is 19.8 Å². The van der Waals surface area contributed by atoms with Gasteiger partial charge in [0, 0.05) is 6.42 Å². The lowest BCUT2D eigenvalue weighted by Gasteiger charge is -1.95. The maximum absolute atomic E-state index is 4.73. The molecule has 0 spiro atoms. The molecule has 0 aliphatic rings. The summed E-state index contributed by atoms with van der Waals surface area (Å²) in [6.45, 7) is 2.07. The summed E-state index contributed by atoms with van der Waals surface area (Å²) in [5.74, 6) is 0. The molecule has 0 aromatic rings. The van der Waals surface area contributed by atoms with Crippen LogP contribution in [0.3, 0.4) is 0 Å². The molecule has 0 atom stereocenters. The first-order valence-electron chi connectivity index (χ1n) is 2.38. The van der Waals surface area contributed by atoms with Crippen molar-refractivity contribution in [2.75, 3.05) is 7.11 Å². The van der Waals surface area contributed by atoms with Gasteiger partial charge < -0.3 is 4.74 Å². The normalized spacial score (nSPS) is 8.29. The van der Waals surface area contributed by atoms with Crippen molar-refractivity contribution in [1.82, 2.24) is 0 Å². The molecule has 0 aliphatic carbocycles. The zero-order valence-corrected chi connectivity index (χ0v) is 5.55. The number of hydrogen-bond acceptors (Lipinski definition) is 2. The number of ether oxygens (including phenoxy) is 1. The Morgan fingerprint density at radius 1 is 1.71 bits per heavy atom. The minimum Gasteiger partial charge on any atom is -0.490 e. The van der Waals surface area contributed by atoms with E-state index < -0.39 is 0 Å². The van der Waals surface area contributed by atoms with Crippen molar-refractivity contribution in [2.24, 2.45) is 0 Å². The summed E-state index contributed by atoms with van der Waals surface area (Å²) in [4.78, 5) is 0. The first kappa shape index (κ1) is 6.89. The van der Waals surface area contributed by atoms with Crippen LogP contribution in [-0.4, -0.2) is 12.2 Å². The maximum atomic E-state index is 4.73. The number of rotatable bonds is 2. The fourth-order valence-corrected chi connectivity index (χ4v) is 0.510. The number of hydrogen-bond donors (Lipinski definition) is 0. The van der Waals surface area contributed by atoms with E-state index in [9.17, 15) is 0 Å². The first-order chi connectivity index (χ1) is 3.31. The third kappa shape index (κ3) is 3.73. The molecule has 0 heterocycles. The van der Waals surface area contributed by atoms with Gasteiger partial charge >= 0.3 is 0 Å². The molecule has 7 heavy (non-hydrogen) atoms. The van der Waals surface area contributed by atoms with Crippen LogP contribution in [0.4, 0.5) is 0 Å². The number of thiocarbonyl (C=S) groups is 1. The van der Waals surface area contributed by atoms with Crippen molar-refractivity contribution in [3.63, 3.8) is 0 Å². The average molecular weight is 118 g/mol. The zero-order valence-electron chi connectivity index (χ0n) is 4.73. The van der Waals surface area contributed by atoms with Crippen molar-refractivity contribution < 1.29 is 4.74 Å². The molecule has 0 aromatic carbocycles. The van der Waals surface area contributed by atoms with Crippen LogP contribution in [-0.2, 0) is 4.74 Å². The van der Waals surface area contributed by atoms with Crippen molar-refractivity contribution >= 4 is 17.3 Å². The Kier molecular flexibility index (Phi) is 4.00. The van der Waals surface area contributed by atoms with Gasteiger partial charge in [-0.2, -0.15) is 0 Å². The summed E-state index contributed by atoms with van der Waals surface area (Å²) < 4.78 is 4.72. The summed E-state index contributed by atoms with van der Waals surface area (Å²) in [5.41, 5.74) is 0. The predicted octanol–water partition coefficient (Wildman–Crippen LogP) is 1.76. The lowest BCUT2D eigenvalue weighted by atomic mass is 10.4. The third-order valence-corrected chi connectivity index (χ3v) is 1.05. The van der Waals surface area contributed by atoms with Gasteiger partial charge in [-0.15, -0.1) is 0 Å². The molecular formula is C5H10OS. The highest BCUT2D eigenvalue weighted by Gasteiger charge is 1.87. The zero-order chi connectivity index (χ0) is 5.70. The Balaban J connectivity index is 3.00. The van der Waals surface area contributed by atoms with E-state index in [1.165, 1.54) is 0 Å². The molecular weight excluding hydrogens is 108 g/mol. The summed E-state index contributed by atoms with van der Waals surface area (Å²) in [5, 5.41) is 0.711. The van der Waals surface area contributed by atoms with Crippen LogP contribution in [0.1, 0.15) is 19.8 Å². The molecule has 0 N–H and O–H groups in total. The molecule has 0 radical (unpaired) electrons. The van der Waals surface area contributed by atoms with Crippen LogP contribution >= 0.6 is 12.2 Å². The molecule has 42 valence electrons. The average Bonchev–Trinajstić information content (AvgIpc) is 1.68. The third-order valence-electron chi connectivity index (χ3n) is 0.682. The van der Waals surface area contributed by atoms with Gasteiger partial charge in [0.1, 0.15) is 0 Å². The summed E-state index contributed by atoms with van der Waals surface area (Å²) in [6, 6.07) is 0. The van der Waals surface area contributed by atoms with E-state index >= 15 is 0 Å². The van der Waals surface area contributed by atoms with Gasteiger partial charge in [0.05, 0.1) is 7.11 Å². The van der Waals surface area contributed by atoms with Crippen LogP contribution < -0.4 is 0 Å². The van der Waals surface area contributed by atoms with E-state index in [-0.39, 0.29) is 0 Å². The quantitative estimate of drug-likeness (QED) is 0.511. The van der Waals surface area contributed by atoms with Crippen molar-refractivity contribution in [3.8, 4) is 0 Å². The highest BCUT2D eigenvalue weighted by atomic mass is 32.1. The Bertz CT molecular complexity index is 61.1. The van der Waals surface area contributed by atoms with Crippen LogP contribution in [0.5, 0.6) is 0 Å². The summed E-state index contributed by atoms with van der Waals surface area (Å²) >= 11 is 4.73. The second-order valence-electron chi connectivity index (χ2n) is 1.33. The summed E-state index contributed by atoms with van der Waals surface area (Å²) in [6.07, 6.45) is 1.98. The predicted molar refractivity (Wildman–Crippen MR) is 34.5 cm³/mol. The minimum atomic E-state index is 0.711. The topological polar surface area (TPSA) is 9.23 Å². The molecule has 0 rings (SSSR count). The van der Waals surface area contributed by atoms with Crippen LogP contribution in [0.25, 0.3) is 0 Å².